The molecule has 2 N–H and O–H groups in total. The van der Waals surface area contributed by atoms with Crippen LogP contribution in [0, 0.1) is 17.8 Å². The topological polar surface area (TPSA) is 114 Å². The second-order valence-electron chi connectivity index (χ2n) is 2.82. The molecular weight excluding hydrogens is 230 g/mol. The van der Waals surface area contributed by atoms with Crippen LogP contribution in [0.4, 0.5) is 4.79 Å². The summed E-state index contributed by atoms with van der Waals surface area (Å²) in [4.78, 5) is 14.2. The Morgan fingerprint density at radius 1 is 1.62 bits per heavy atom. The molecule has 6 nitrogen and oxygen atoms in total. The third kappa shape index (κ3) is 2.55. The monoisotopic (exact) mass is 238 g/mol. The molecule has 1 rings (SSSR count). The van der Waals surface area contributed by atoms with Crippen LogP contribution in [0.25, 0.3) is 0 Å². The molecule has 0 aliphatic carbocycles. The lowest BCUT2D eigenvalue weighted by Crippen LogP contribution is -2.22. The highest BCUT2D eigenvalue weighted by molar-refractivity contribution is 8.05. The van der Waals surface area contributed by atoms with E-state index in [-0.39, 0.29) is 6.42 Å². The van der Waals surface area contributed by atoms with E-state index < -0.39 is 20.1 Å². The molecule has 7 heteroatoms. The third-order valence-corrected chi connectivity index (χ3v) is 3.03. The number of pyridine rings is 1. The largest absolute Gasteiger partial charge is 0.356 e. The van der Waals surface area contributed by atoms with Gasteiger partial charge in [0.15, 0.2) is 5.03 Å². The molecular formula is C9H8N3O3S. The van der Waals surface area contributed by atoms with Gasteiger partial charge in [-0.1, -0.05) is 0 Å². The number of aromatic nitrogens is 1. The number of nitrogens with two attached hydrogens (primary N) is 1. The van der Waals surface area contributed by atoms with Gasteiger partial charge in [-0.2, -0.15) is 5.26 Å². The standard InChI is InChI=1S/C9H8N3O3S/c10-4-1-2-7-3-5-12-8(6-7)16(14,15)9(11)13/h2-3,5-6H,1H2,(H2,11,13). The number of nitrogens with zero attached hydrogens (tertiary/aromatic N) is 2. The highest BCUT2D eigenvalue weighted by Crippen LogP contribution is 2.12. The molecule has 0 aliphatic heterocycles. The van der Waals surface area contributed by atoms with Crippen LogP contribution in [0.15, 0.2) is 23.4 Å². The highest BCUT2D eigenvalue weighted by atomic mass is 32.2. The van der Waals surface area contributed by atoms with Gasteiger partial charge >= 0.3 is 5.24 Å². The van der Waals surface area contributed by atoms with E-state index in [1.807, 2.05) is 6.07 Å². The summed E-state index contributed by atoms with van der Waals surface area (Å²) in [5.41, 5.74) is 5.22. The number of amides is 1. The fraction of sp³-hybridized carbons (Fsp3) is 0.111. The Balaban J connectivity index is 3.09. The van der Waals surface area contributed by atoms with E-state index in [0.29, 0.717) is 5.56 Å². The summed E-state index contributed by atoms with van der Waals surface area (Å²) in [7, 11) is -4.20. The van der Waals surface area contributed by atoms with Crippen LogP contribution < -0.4 is 5.73 Å². The van der Waals surface area contributed by atoms with E-state index in [4.69, 9.17) is 11.0 Å². The minimum absolute atomic E-state index is 0.139. The van der Waals surface area contributed by atoms with Crippen molar-refractivity contribution in [3.63, 3.8) is 0 Å². The van der Waals surface area contributed by atoms with Crippen LogP contribution in [0.3, 0.4) is 0 Å². The first kappa shape index (κ1) is 12.1. The normalized spacial score (nSPS) is 10.7. The second kappa shape index (κ2) is 4.72. The maximum Gasteiger partial charge on any atom is 0.340 e. The van der Waals surface area contributed by atoms with Crippen LogP contribution in [0.1, 0.15) is 12.0 Å². The van der Waals surface area contributed by atoms with E-state index in [1.165, 1.54) is 24.8 Å². The zero-order valence-electron chi connectivity index (χ0n) is 8.12. The lowest BCUT2D eigenvalue weighted by atomic mass is 10.2. The van der Waals surface area contributed by atoms with Crippen molar-refractivity contribution in [2.75, 3.05) is 0 Å². The number of sulfone groups is 1. The Morgan fingerprint density at radius 3 is 2.88 bits per heavy atom. The van der Waals surface area contributed by atoms with E-state index in [1.54, 1.807) is 0 Å². The SMILES string of the molecule is N#CC[CH]c1ccnc(S(=O)(=O)C(N)=O)c1. The van der Waals surface area contributed by atoms with Crippen molar-refractivity contribution < 1.29 is 13.2 Å². The van der Waals surface area contributed by atoms with Gasteiger partial charge in [0.2, 0.25) is 0 Å². The van der Waals surface area contributed by atoms with Crippen molar-refractivity contribution >= 4 is 15.1 Å². The molecule has 1 aromatic rings. The smallest absolute Gasteiger partial charge is 0.340 e. The zero-order chi connectivity index (χ0) is 12.2. The average Bonchev–Trinajstić information content (AvgIpc) is 2.26. The minimum atomic E-state index is -4.20. The van der Waals surface area contributed by atoms with Gasteiger partial charge in [0.25, 0.3) is 9.84 Å². The van der Waals surface area contributed by atoms with E-state index in [2.05, 4.69) is 4.98 Å². The van der Waals surface area contributed by atoms with Gasteiger partial charge in [0, 0.05) is 19.0 Å². The van der Waals surface area contributed by atoms with Crippen LogP contribution in [0.5, 0.6) is 0 Å². The number of nitriles is 1. The molecule has 0 fully saturated rings. The van der Waals surface area contributed by atoms with Crippen molar-refractivity contribution in [1.82, 2.24) is 4.98 Å². The predicted octanol–water partition coefficient (Wildman–Crippen LogP) is 0.400. The number of carbonyl (C=O) groups is 1. The molecule has 0 saturated heterocycles. The maximum atomic E-state index is 11.3. The third-order valence-electron chi connectivity index (χ3n) is 1.73. The predicted molar refractivity (Wildman–Crippen MR) is 54.6 cm³/mol. The Labute approximate surface area is 92.6 Å². The van der Waals surface area contributed by atoms with Gasteiger partial charge < -0.3 is 5.73 Å². The average molecular weight is 238 g/mol. The summed E-state index contributed by atoms with van der Waals surface area (Å²) in [6.07, 6.45) is 2.89. The van der Waals surface area contributed by atoms with Gasteiger partial charge in [-0.3, -0.25) is 4.79 Å². The van der Waals surface area contributed by atoms with Gasteiger partial charge in [-0.25, -0.2) is 13.4 Å². The van der Waals surface area contributed by atoms with Gasteiger partial charge in [0.1, 0.15) is 0 Å². The van der Waals surface area contributed by atoms with E-state index >= 15 is 0 Å². The van der Waals surface area contributed by atoms with Crippen molar-refractivity contribution in [3.05, 3.63) is 30.3 Å². The molecule has 0 aliphatic rings. The van der Waals surface area contributed by atoms with Crippen LogP contribution in [0.2, 0.25) is 0 Å². The minimum Gasteiger partial charge on any atom is -0.356 e. The maximum absolute atomic E-state index is 11.3. The van der Waals surface area contributed by atoms with Gasteiger partial charge in [-0.15, -0.1) is 0 Å². The molecule has 1 amide bonds. The fourth-order valence-corrected chi connectivity index (χ4v) is 1.66. The van der Waals surface area contributed by atoms with Crippen molar-refractivity contribution in [2.45, 2.75) is 11.4 Å². The second-order valence-corrected chi connectivity index (χ2v) is 4.64. The number of rotatable bonds is 3. The summed E-state index contributed by atoms with van der Waals surface area (Å²) in [5.74, 6) is 0. The Hall–Kier alpha value is -1.94. The molecule has 0 spiro atoms. The fourth-order valence-electron chi connectivity index (χ4n) is 0.965. The molecule has 83 valence electrons. The van der Waals surface area contributed by atoms with Gasteiger partial charge in [-0.05, 0) is 17.7 Å². The summed E-state index contributed by atoms with van der Waals surface area (Å²) in [6.45, 7) is 0. The number of primary amides is 1. The molecule has 1 aromatic heterocycles. The first-order valence-corrected chi connectivity index (χ1v) is 5.67. The molecule has 16 heavy (non-hydrogen) atoms. The molecule has 0 atom stereocenters. The zero-order valence-corrected chi connectivity index (χ0v) is 8.94. The van der Waals surface area contributed by atoms with Crippen LogP contribution >= 0.6 is 0 Å². The molecule has 1 heterocycles. The molecule has 0 bridgehead atoms. The Morgan fingerprint density at radius 2 is 2.31 bits per heavy atom. The summed E-state index contributed by atoms with van der Waals surface area (Å²) in [6, 6.07) is 4.60. The Bertz CT molecular complexity index is 545. The number of hydrogen-bond acceptors (Lipinski definition) is 5. The lowest BCUT2D eigenvalue weighted by molar-refractivity contribution is 0.265. The van der Waals surface area contributed by atoms with Crippen LogP contribution in [-0.4, -0.2) is 18.6 Å². The van der Waals surface area contributed by atoms with Crippen LogP contribution in [-0.2, 0) is 9.84 Å². The molecule has 0 unspecified atom stereocenters. The first-order chi connectivity index (χ1) is 7.48. The number of hydrogen-bond donors (Lipinski definition) is 1. The summed E-state index contributed by atoms with van der Waals surface area (Å²) in [5, 5.41) is 6.50. The molecule has 1 radical (unpaired) electrons. The lowest BCUT2D eigenvalue weighted by Gasteiger charge is -2.01. The van der Waals surface area contributed by atoms with Crippen molar-refractivity contribution in [3.8, 4) is 6.07 Å². The highest BCUT2D eigenvalue weighted by Gasteiger charge is 2.23. The van der Waals surface area contributed by atoms with E-state index in [9.17, 15) is 13.2 Å². The quantitative estimate of drug-likeness (QED) is 0.818. The molecule has 0 saturated carbocycles. The summed E-state index contributed by atoms with van der Waals surface area (Å²) >= 11 is 0. The Kier molecular flexibility index (Phi) is 3.58. The summed E-state index contributed by atoms with van der Waals surface area (Å²) < 4.78 is 22.7. The molecule has 0 aromatic carbocycles. The van der Waals surface area contributed by atoms with Gasteiger partial charge in [0.05, 0.1) is 6.07 Å². The van der Waals surface area contributed by atoms with Crippen molar-refractivity contribution in [1.29, 1.82) is 5.26 Å². The first-order valence-electron chi connectivity index (χ1n) is 4.19. The van der Waals surface area contributed by atoms with Crippen molar-refractivity contribution in [2.24, 2.45) is 5.73 Å². The number of carbonyl (C=O) groups excluding carboxylic acids is 1. The van der Waals surface area contributed by atoms with E-state index in [0.717, 1.165) is 0 Å².